The van der Waals surface area contributed by atoms with Crippen LogP contribution in [0.5, 0.6) is 0 Å². The van der Waals surface area contributed by atoms with Gasteiger partial charge in [-0.15, -0.1) is 0 Å². The van der Waals surface area contributed by atoms with Gasteiger partial charge in [0.15, 0.2) is 5.16 Å². The summed E-state index contributed by atoms with van der Waals surface area (Å²) in [6.45, 7) is 4.39. The van der Waals surface area contributed by atoms with Gasteiger partial charge in [0.25, 0.3) is 0 Å². The number of nitrogens with zero attached hydrogens (tertiary/aromatic N) is 2. The third-order valence-corrected chi connectivity index (χ3v) is 2.05. The second kappa shape index (κ2) is 4.45. The zero-order valence-electron chi connectivity index (χ0n) is 7.74. The molecule has 2 nitrogen and oxygen atoms in total. The van der Waals surface area contributed by atoms with Gasteiger partial charge in [0.05, 0.1) is 0 Å². The van der Waals surface area contributed by atoms with Crippen LogP contribution in [0.1, 0.15) is 19.5 Å². The summed E-state index contributed by atoms with van der Waals surface area (Å²) in [6.07, 6.45) is 4.86. The Bertz CT molecular complexity index is 248. The third-order valence-electron chi connectivity index (χ3n) is 1.49. The molecular formula is C9H14N2S. The summed E-state index contributed by atoms with van der Waals surface area (Å²) >= 11 is 1.59. The first-order chi connectivity index (χ1) is 5.72. The van der Waals surface area contributed by atoms with E-state index >= 15 is 0 Å². The smallest absolute Gasteiger partial charge is 0.187 e. The molecule has 0 saturated heterocycles. The average molecular weight is 182 g/mol. The van der Waals surface area contributed by atoms with Crippen molar-refractivity contribution in [2.24, 2.45) is 5.92 Å². The molecule has 0 amide bonds. The first kappa shape index (κ1) is 9.52. The topological polar surface area (TPSA) is 25.8 Å². The Morgan fingerprint density at radius 3 is 2.83 bits per heavy atom. The van der Waals surface area contributed by atoms with Crippen molar-refractivity contribution in [3.63, 3.8) is 0 Å². The van der Waals surface area contributed by atoms with E-state index in [2.05, 4.69) is 23.8 Å². The van der Waals surface area contributed by atoms with Crippen molar-refractivity contribution in [1.82, 2.24) is 9.97 Å². The van der Waals surface area contributed by atoms with Crippen LogP contribution in [0, 0.1) is 5.92 Å². The van der Waals surface area contributed by atoms with Crippen LogP contribution < -0.4 is 0 Å². The molecule has 0 radical (unpaired) electrons. The predicted octanol–water partition coefficient (Wildman–Crippen LogP) is 2.40. The van der Waals surface area contributed by atoms with Gasteiger partial charge >= 0.3 is 0 Å². The van der Waals surface area contributed by atoms with Crippen molar-refractivity contribution >= 4 is 11.8 Å². The van der Waals surface area contributed by atoms with Gasteiger partial charge in [-0.05, 0) is 24.7 Å². The van der Waals surface area contributed by atoms with Crippen LogP contribution in [-0.2, 0) is 6.42 Å². The van der Waals surface area contributed by atoms with Crippen LogP contribution in [0.3, 0.4) is 0 Å². The molecule has 0 spiro atoms. The van der Waals surface area contributed by atoms with Gasteiger partial charge in [0.2, 0.25) is 0 Å². The van der Waals surface area contributed by atoms with E-state index < -0.39 is 0 Å². The standard InChI is InChI=1S/C9H14N2S/c1-7(2)6-8-4-5-10-9(11-8)12-3/h4-5,7H,6H2,1-3H3. The fraction of sp³-hybridized carbons (Fsp3) is 0.556. The molecule has 3 heteroatoms. The van der Waals surface area contributed by atoms with Crippen LogP contribution >= 0.6 is 11.8 Å². The van der Waals surface area contributed by atoms with E-state index in [1.807, 2.05) is 18.5 Å². The van der Waals surface area contributed by atoms with Crippen molar-refractivity contribution in [2.75, 3.05) is 6.26 Å². The molecular weight excluding hydrogens is 168 g/mol. The molecule has 1 aromatic heterocycles. The summed E-state index contributed by atoms with van der Waals surface area (Å²) in [5.41, 5.74) is 1.14. The molecule has 1 aromatic rings. The molecule has 0 bridgehead atoms. The summed E-state index contributed by atoms with van der Waals surface area (Å²) in [4.78, 5) is 8.50. The SMILES string of the molecule is CSc1nccc(CC(C)C)n1. The van der Waals surface area contributed by atoms with Crippen LogP contribution in [-0.4, -0.2) is 16.2 Å². The van der Waals surface area contributed by atoms with Gasteiger partial charge in [-0.25, -0.2) is 9.97 Å². The molecule has 0 unspecified atom stereocenters. The monoisotopic (exact) mass is 182 g/mol. The Hall–Kier alpha value is -0.570. The summed E-state index contributed by atoms with van der Waals surface area (Å²) in [6, 6.07) is 1.99. The Morgan fingerprint density at radius 2 is 2.25 bits per heavy atom. The van der Waals surface area contributed by atoms with Crippen molar-refractivity contribution < 1.29 is 0 Å². The molecule has 0 aliphatic rings. The van der Waals surface area contributed by atoms with Gasteiger partial charge in [-0.3, -0.25) is 0 Å². The maximum atomic E-state index is 4.38. The van der Waals surface area contributed by atoms with E-state index in [0.29, 0.717) is 5.92 Å². The zero-order valence-corrected chi connectivity index (χ0v) is 8.56. The van der Waals surface area contributed by atoms with E-state index in [9.17, 15) is 0 Å². The van der Waals surface area contributed by atoms with Crippen LogP contribution in [0.25, 0.3) is 0 Å². The molecule has 0 aromatic carbocycles. The lowest BCUT2D eigenvalue weighted by Crippen LogP contribution is -1.98. The maximum Gasteiger partial charge on any atom is 0.187 e. The van der Waals surface area contributed by atoms with Gasteiger partial charge in [-0.2, -0.15) is 0 Å². The Labute approximate surface area is 77.8 Å². The molecule has 0 fully saturated rings. The lowest BCUT2D eigenvalue weighted by atomic mass is 10.1. The van der Waals surface area contributed by atoms with Crippen LogP contribution in [0.2, 0.25) is 0 Å². The molecule has 0 aliphatic heterocycles. The third kappa shape index (κ3) is 2.81. The Morgan fingerprint density at radius 1 is 1.50 bits per heavy atom. The highest BCUT2D eigenvalue weighted by atomic mass is 32.2. The highest BCUT2D eigenvalue weighted by molar-refractivity contribution is 7.98. The Kier molecular flexibility index (Phi) is 3.53. The molecule has 1 heterocycles. The molecule has 0 saturated carbocycles. The fourth-order valence-corrected chi connectivity index (χ4v) is 1.38. The highest BCUT2D eigenvalue weighted by Crippen LogP contribution is 2.10. The summed E-state index contributed by atoms with van der Waals surface area (Å²) in [5, 5.41) is 0.869. The molecule has 66 valence electrons. The average Bonchev–Trinajstić information content (AvgIpc) is 2.03. The summed E-state index contributed by atoms with van der Waals surface area (Å²) in [5.74, 6) is 0.662. The minimum atomic E-state index is 0.662. The normalized spacial score (nSPS) is 10.7. The second-order valence-electron chi connectivity index (χ2n) is 3.13. The number of hydrogen-bond donors (Lipinski definition) is 0. The number of rotatable bonds is 3. The summed E-state index contributed by atoms with van der Waals surface area (Å²) < 4.78 is 0. The molecule has 1 rings (SSSR count). The quantitative estimate of drug-likeness (QED) is 0.530. The van der Waals surface area contributed by atoms with Crippen molar-refractivity contribution in [3.05, 3.63) is 18.0 Å². The molecule has 12 heavy (non-hydrogen) atoms. The minimum absolute atomic E-state index is 0.662. The van der Waals surface area contributed by atoms with E-state index in [1.54, 1.807) is 11.8 Å². The summed E-state index contributed by atoms with van der Waals surface area (Å²) in [7, 11) is 0. The van der Waals surface area contributed by atoms with Crippen molar-refractivity contribution in [2.45, 2.75) is 25.4 Å². The van der Waals surface area contributed by atoms with E-state index in [-0.39, 0.29) is 0 Å². The molecule has 0 N–H and O–H groups in total. The maximum absolute atomic E-state index is 4.38. The largest absolute Gasteiger partial charge is 0.231 e. The van der Waals surface area contributed by atoms with Gasteiger partial charge < -0.3 is 0 Å². The molecule has 0 atom stereocenters. The fourth-order valence-electron chi connectivity index (χ4n) is 1.01. The van der Waals surface area contributed by atoms with E-state index in [0.717, 1.165) is 17.3 Å². The Balaban J connectivity index is 2.72. The number of thioether (sulfide) groups is 1. The number of aromatic nitrogens is 2. The van der Waals surface area contributed by atoms with Crippen molar-refractivity contribution in [3.8, 4) is 0 Å². The van der Waals surface area contributed by atoms with Crippen LogP contribution in [0.4, 0.5) is 0 Å². The van der Waals surface area contributed by atoms with Crippen LogP contribution in [0.15, 0.2) is 17.4 Å². The number of hydrogen-bond acceptors (Lipinski definition) is 3. The van der Waals surface area contributed by atoms with E-state index in [1.165, 1.54) is 0 Å². The highest BCUT2D eigenvalue weighted by Gasteiger charge is 2.00. The zero-order chi connectivity index (χ0) is 8.97. The van der Waals surface area contributed by atoms with Gasteiger partial charge in [0, 0.05) is 11.9 Å². The van der Waals surface area contributed by atoms with E-state index in [4.69, 9.17) is 0 Å². The molecule has 0 aliphatic carbocycles. The van der Waals surface area contributed by atoms with Gasteiger partial charge in [0.1, 0.15) is 0 Å². The lowest BCUT2D eigenvalue weighted by molar-refractivity contribution is 0.627. The van der Waals surface area contributed by atoms with Gasteiger partial charge in [-0.1, -0.05) is 25.6 Å². The second-order valence-corrected chi connectivity index (χ2v) is 3.91. The minimum Gasteiger partial charge on any atom is -0.231 e. The van der Waals surface area contributed by atoms with Crippen molar-refractivity contribution in [1.29, 1.82) is 0 Å². The first-order valence-electron chi connectivity index (χ1n) is 4.08. The predicted molar refractivity (Wildman–Crippen MR) is 52.4 cm³/mol. The first-order valence-corrected chi connectivity index (χ1v) is 5.30. The lowest BCUT2D eigenvalue weighted by Gasteiger charge is -2.03.